The lowest BCUT2D eigenvalue weighted by Crippen LogP contribution is -2.50. The third kappa shape index (κ3) is 8.45. The fraction of sp³-hybridized carbons (Fsp3) is 0.525. The second kappa shape index (κ2) is 15.2. The Bertz CT molecular complexity index is 1670. The standard InChI is InChI=1S/C34H41N5O4.C6H12O/c1-34(2,3)33(42)43-21-38-19-28(35-20-38)29-25-17-18-39(30(25)23-13-7-9-15-26(23)36-29)32(41)24-14-8-10-16-27(24)37-31(40)22-11-5-4-6-12-22;1-5(7)6(2,3)4/h4-7,9,11-13,15,19-20,24-25,27,29-30,36H,8,10,14,16-18,21H2,1-3H3,(H,37,40);1-4H3/t24-,25?,27+,29?,30?;/m0./s1. The summed E-state index contributed by atoms with van der Waals surface area (Å²) in [4.78, 5) is 56.9. The van der Waals surface area contributed by atoms with Crippen molar-refractivity contribution >= 4 is 29.3 Å². The number of anilines is 1. The number of fused-ring (bicyclic) bond motifs is 3. The molecule has 2 N–H and O–H groups in total. The van der Waals surface area contributed by atoms with E-state index < -0.39 is 5.41 Å². The summed E-state index contributed by atoms with van der Waals surface area (Å²) in [5.74, 6) is -0.148. The van der Waals surface area contributed by atoms with Crippen molar-refractivity contribution in [2.75, 3.05) is 11.9 Å². The zero-order valence-electron chi connectivity index (χ0n) is 30.6. The summed E-state index contributed by atoms with van der Waals surface area (Å²) < 4.78 is 7.29. The van der Waals surface area contributed by atoms with Crippen LogP contribution in [0.2, 0.25) is 0 Å². The molecule has 2 aliphatic heterocycles. The monoisotopic (exact) mass is 683 g/mol. The number of para-hydroxylation sites is 1. The topological polar surface area (TPSA) is 123 Å². The van der Waals surface area contributed by atoms with Crippen LogP contribution in [0.25, 0.3) is 0 Å². The first-order valence-electron chi connectivity index (χ1n) is 17.9. The molecule has 50 heavy (non-hydrogen) atoms. The number of hydrogen-bond acceptors (Lipinski definition) is 7. The minimum absolute atomic E-state index is 0.0915. The molecule has 2 fully saturated rings. The molecular formula is C40H53N5O5. The fourth-order valence-corrected chi connectivity index (χ4v) is 6.88. The van der Waals surface area contributed by atoms with Crippen molar-refractivity contribution in [3.63, 3.8) is 0 Å². The van der Waals surface area contributed by atoms with Crippen molar-refractivity contribution in [3.8, 4) is 0 Å². The number of hydrogen-bond donors (Lipinski definition) is 2. The maximum absolute atomic E-state index is 14.4. The van der Waals surface area contributed by atoms with Crippen LogP contribution in [0.4, 0.5) is 5.69 Å². The molecule has 3 heterocycles. The fourth-order valence-electron chi connectivity index (χ4n) is 6.88. The number of aromatic nitrogens is 2. The van der Waals surface area contributed by atoms with Crippen molar-refractivity contribution in [1.29, 1.82) is 0 Å². The van der Waals surface area contributed by atoms with E-state index in [4.69, 9.17) is 9.72 Å². The number of carbonyl (C=O) groups is 4. The molecule has 10 heteroatoms. The van der Waals surface area contributed by atoms with Crippen molar-refractivity contribution in [3.05, 3.63) is 83.9 Å². The quantitative estimate of drug-likeness (QED) is 0.266. The summed E-state index contributed by atoms with van der Waals surface area (Å²) in [6, 6.07) is 17.0. The van der Waals surface area contributed by atoms with Crippen LogP contribution in [0.3, 0.4) is 0 Å². The number of Topliss-reactive ketones (excluding diaryl/α,β-unsaturated/α-hetero) is 1. The first kappa shape index (κ1) is 36.8. The summed E-state index contributed by atoms with van der Waals surface area (Å²) >= 11 is 0. The number of rotatable bonds is 6. The van der Waals surface area contributed by atoms with Gasteiger partial charge in [-0.25, -0.2) is 4.98 Å². The molecule has 1 saturated carbocycles. The molecule has 1 aliphatic carbocycles. The van der Waals surface area contributed by atoms with Gasteiger partial charge in [-0.15, -0.1) is 0 Å². The second-order valence-electron chi connectivity index (χ2n) is 15.9. The normalized spacial score (nSPS) is 22.9. The van der Waals surface area contributed by atoms with Crippen LogP contribution in [-0.4, -0.2) is 50.6 Å². The summed E-state index contributed by atoms with van der Waals surface area (Å²) in [6.45, 7) is 13.6. The van der Waals surface area contributed by atoms with Crippen LogP contribution in [0.1, 0.15) is 114 Å². The van der Waals surface area contributed by atoms with Gasteiger partial charge in [0.15, 0.2) is 6.73 Å². The number of carbonyl (C=O) groups excluding carboxylic acids is 4. The molecule has 1 aromatic heterocycles. The smallest absolute Gasteiger partial charge is 0.312 e. The number of benzene rings is 2. The maximum Gasteiger partial charge on any atom is 0.312 e. The van der Waals surface area contributed by atoms with Gasteiger partial charge in [0.1, 0.15) is 5.78 Å². The molecule has 2 aromatic carbocycles. The zero-order valence-corrected chi connectivity index (χ0v) is 30.6. The Kier molecular flexibility index (Phi) is 11.2. The molecule has 1 saturated heterocycles. The molecule has 0 bridgehead atoms. The molecule has 3 aliphatic rings. The van der Waals surface area contributed by atoms with Crippen LogP contribution in [0, 0.1) is 22.7 Å². The van der Waals surface area contributed by atoms with Crippen LogP contribution < -0.4 is 10.6 Å². The van der Waals surface area contributed by atoms with Crippen LogP contribution in [0.15, 0.2) is 67.1 Å². The molecular weight excluding hydrogens is 630 g/mol. The molecule has 0 spiro atoms. The Morgan fingerprint density at radius 1 is 0.900 bits per heavy atom. The molecule has 268 valence electrons. The molecule has 0 radical (unpaired) electrons. The first-order valence-corrected chi connectivity index (χ1v) is 17.9. The van der Waals surface area contributed by atoms with E-state index in [9.17, 15) is 19.2 Å². The number of ether oxygens (including phenoxy) is 1. The Hall–Kier alpha value is -4.47. The molecule has 5 atom stereocenters. The number of likely N-dealkylation sites (tertiary alicyclic amines) is 1. The van der Waals surface area contributed by atoms with E-state index in [-0.39, 0.29) is 65.7 Å². The lowest BCUT2D eigenvalue weighted by Gasteiger charge is -2.41. The predicted octanol–water partition coefficient (Wildman–Crippen LogP) is 7.10. The molecule has 6 rings (SSSR count). The van der Waals surface area contributed by atoms with Gasteiger partial charge in [0.05, 0.1) is 35.4 Å². The highest BCUT2D eigenvalue weighted by Crippen LogP contribution is 2.51. The number of amides is 2. The highest BCUT2D eigenvalue weighted by molar-refractivity contribution is 5.95. The third-order valence-electron chi connectivity index (χ3n) is 10.2. The van der Waals surface area contributed by atoms with E-state index in [2.05, 4.69) is 27.7 Å². The highest BCUT2D eigenvalue weighted by atomic mass is 16.5. The molecule has 2 amide bonds. The largest absolute Gasteiger partial charge is 0.443 e. The number of ketones is 1. The van der Waals surface area contributed by atoms with E-state index in [1.807, 2.05) is 90.2 Å². The van der Waals surface area contributed by atoms with Crippen molar-refractivity contribution in [1.82, 2.24) is 19.8 Å². The highest BCUT2D eigenvalue weighted by Gasteiger charge is 2.49. The average molecular weight is 684 g/mol. The third-order valence-corrected chi connectivity index (χ3v) is 10.2. The van der Waals surface area contributed by atoms with Crippen LogP contribution in [-0.2, 0) is 25.9 Å². The van der Waals surface area contributed by atoms with Crippen molar-refractivity contribution in [2.24, 2.45) is 22.7 Å². The summed E-state index contributed by atoms with van der Waals surface area (Å²) in [7, 11) is 0. The Balaban J connectivity index is 0.000000630. The minimum Gasteiger partial charge on any atom is -0.443 e. The summed E-state index contributed by atoms with van der Waals surface area (Å²) in [6.07, 6.45) is 8.01. The van der Waals surface area contributed by atoms with Gasteiger partial charge in [0.25, 0.3) is 5.91 Å². The number of imidazole rings is 1. The van der Waals surface area contributed by atoms with E-state index in [0.29, 0.717) is 12.1 Å². The Morgan fingerprint density at radius 2 is 1.56 bits per heavy atom. The molecule has 3 unspecified atom stereocenters. The van der Waals surface area contributed by atoms with Gasteiger partial charge >= 0.3 is 5.97 Å². The van der Waals surface area contributed by atoms with E-state index in [0.717, 1.165) is 49.0 Å². The first-order chi connectivity index (χ1) is 23.6. The van der Waals surface area contributed by atoms with Crippen LogP contribution >= 0.6 is 0 Å². The lowest BCUT2D eigenvalue weighted by atomic mass is 9.80. The van der Waals surface area contributed by atoms with Gasteiger partial charge in [-0.1, -0.05) is 70.0 Å². The molecule has 3 aromatic rings. The lowest BCUT2D eigenvalue weighted by molar-refractivity contribution is -0.157. The number of nitrogens with one attached hydrogen (secondary N) is 2. The van der Waals surface area contributed by atoms with E-state index in [1.165, 1.54) is 0 Å². The number of esters is 1. The average Bonchev–Trinajstić information content (AvgIpc) is 3.75. The predicted molar refractivity (Wildman–Crippen MR) is 193 cm³/mol. The van der Waals surface area contributed by atoms with E-state index in [1.54, 1.807) is 17.8 Å². The van der Waals surface area contributed by atoms with Crippen molar-refractivity contribution < 1.29 is 23.9 Å². The zero-order chi connectivity index (χ0) is 36.2. The summed E-state index contributed by atoms with van der Waals surface area (Å²) in [5, 5.41) is 6.90. The second-order valence-corrected chi connectivity index (χ2v) is 15.9. The van der Waals surface area contributed by atoms with Gasteiger partial charge in [-0.2, -0.15) is 0 Å². The van der Waals surface area contributed by atoms with Crippen LogP contribution in [0.5, 0.6) is 0 Å². The number of nitrogens with zero attached hydrogens (tertiary/aromatic N) is 3. The van der Waals surface area contributed by atoms with E-state index >= 15 is 0 Å². The minimum atomic E-state index is -0.577. The van der Waals surface area contributed by atoms with Crippen molar-refractivity contribution in [2.45, 2.75) is 105 Å². The van der Waals surface area contributed by atoms with Gasteiger partial charge in [0.2, 0.25) is 5.91 Å². The van der Waals surface area contributed by atoms with Gasteiger partial charge in [0, 0.05) is 41.4 Å². The SMILES string of the molecule is CC(=O)C(C)(C)C.CC(C)(C)C(=O)OCn1cnc(C2Nc3ccccc3C3C2CCN3C(=O)[C@H]2CCCC[C@H]2NC(=O)c2ccccc2)c1. The Labute approximate surface area is 296 Å². The van der Waals surface area contributed by atoms with Gasteiger partial charge < -0.3 is 24.8 Å². The van der Waals surface area contributed by atoms with Gasteiger partial charge in [-0.3, -0.25) is 19.2 Å². The summed E-state index contributed by atoms with van der Waals surface area (Å²) in [5.41, 5.74) is 2.88. The maximum atomic E-state index is 14.4. The molecule has 10 nitrogen and oxygen atoms in total. The van der Waals surface area contributed by atoms with Gasteiger partial charge in [-0.05, 0) is 70.7 Å². The Morgan fingerprint density at radius 3 is 2.24 bits per heavy atom.